The standard InChI is InChI=1S/C22H28N2O6S2/c1-3-29-21(26)12-13-24(15-17-6-7-17)20(25)16-30-19-10-8-18(9-11-19)23(2)32(27,28)22-5-4-14-31-22/h4-5,8-11,14,17H,3,6-7,12-13,15-16H2,1-2H3. The van der Waals surface area contributed by atoms with Crippen molar-refractivity contribution < 1.29 is 27.5 Å². The molecule has 1 aromatic heterocycles. The van der Waals surface area contributed by atoms with Gasteiger partial charge in [0.25, 0.3) is 15.9 Å². The molecule has 174 valence electrons. The monoisotopic (exact) mass is 480 g/mol. The molecule has 1 saturated carbocycles. The average Bonchev–Trinajstić information content (AvgIpc) is 3.42. The number of anilines is 1. The first-order chi connectivity index (χ1) is 15.3. The number of esters is 1. The van der Waals surface area contributed by atoms with Crippen molar-refractivity contribution >= 4 is 38.9 Å². The average molecular weight is 481 g/mol. The molecular formula is C22H28N2O6S2. The maximum Gasteiger partial charge on any atom is 0.307 e. The third-order valence-corrected chi connectivity index (χ3v) is 8.25. The minimum atomic E-state index is -3.61. The number of nitrogens with zero attached hydrogens (tertiary/aromatic N) is 2. The van der Waals surface area contributed by atoms with Crippen molar-refractivity contribution in [1.29, 1.82) is 0 Å². The van der Waals surface area contributed by atoms with E-state index in [9.17, 15) is 18.0 Å². The summed E-state index contributed by atoms with van der Waals surface area (Å²) in [5.41, 5.74) is 0.488. The minimum Gasteiger partial charge on any atom is -0.484 e. The predicted octanol–water partition coefficient (Wildman–Crippen LogP) is 3.14. The lowest BCUT2D eigenvalue weighted by atomic mass is 10.3. The molecule has 10 heteroatoms. The zero-order valence-electron chi connectivity index (χ0n) is 18.2. The molecule has 1 amide bonds. The molecule has 2 aromatic rings. The van der Waals surface area contributed by atoms with Crippen molar-refractivity contribution in [1.82, 2.24) is 4.90 Å². The smallest absolute Gasteiger partial charge is 0.307 e. The Morgan fingerprint density at radius 2 is 1.88 bits per heavy atom. The fourth-order valence-corrected chi connectivity index (χ4v) is 5.42. The van der Waals surface area contributed by atoms with E-state index in [4.69, 9.17) is 9.47 Å². The third-order valence-electron chi connectivity index (χ3n) is 5.09. The second-order valence-corrected chi connectivity index (χ2v) is 10.7. The van der Waals surface area contributed by atoms with Crippen molar-refractivity contribution in [2.24, 2.45) is 5.92 Å². The number of ether oxygens (including phenoxy) is 2. The van der Waals surface area contributed by atoms with Crippen LogP contribution in [0.5, 0.6) is 5.75 Å². The number of carbonyl (C=O) groups is 2. The maximum absolute atomic E-state index is 12.7. The van der Waals surface area contributed by atoms with Gasteiger partial charge in [0.1, 0.15) is 9.96 Å². The van der Waals surface area contributed by atoms with Crippen LogP contribution in [0.3, 0.4) is 0 Å². The molecule has 1 heterocycles. The number of carbonyl (C=O) groups excluding carboxylic acids is 2. The Bertz CT molecular complexity index is 1000. The Kier molecular flexibility index (Phi) is 8.14. The van der Waals surface area contributed by atoms with Gasteiger partial charge in [-0.15, -0.1) is 11.3 Å². The van der Waals surface area contributed by atoms with Crippen LogP contribution in [0.4, 0.5) is 5.69 Å². The van der Waals surface area contributed by atoms with Gasteiger partial charge in [-0.25, -0.2) is 8.42 Å². The van der Waals surface area contributed by atoms with Crippen LogP contribution < -0.4 is 9.04 Å². The predicted molar refractivity (Wildman–Crippen MR) is 122 cm³/mol. The lowest BCUT2D eigenvalue weighted by Gasteiger charge is -2.22. The topological polar surface area (TPSA) is 93.2 Å². The summed E-state index contributed by atoms with van der Waals surface area (Å²) in [6, 6.07) is 9.79. The number of thiophene rings is 1. The molecule has 8 nitrogen and oxygen atoms in total. The molecule has 0 atom stereocenters. The van der Waals surface area contributed by atoms with Crippen molar-refractivity contribution in [2.75, 3.05) is 37.7 Å². The van der Waals surface area contributed by atoms with Crippen LogP contribution in [-0.4, -0.2) is 58.5 Å². The second-order valence-electron chi connectivity index (χ2n) is 7.53. The number of rotatable bonds is 12. The van der Waals surface area contributed by atoms with E-state index in [0.29, 0.717) is 37.1 Å². The van der Waals surface area contributed by atoms with Crippen molar-refractivity contribution in [3.63, 3.8) is 0 Å². The number of benzene rings is 1. The largest absolute Gasteiger partial charge is 0.484 e. The van der Waals surface area contributed by atoms with Crippen LogP contribution in [-0.2, 0) is 24.3 Å². The molecule has 1 aromatic carbocycles. The van der Waals surface area contributed by atoms with E-state index >= 15 is 0 Å². The molecule has 0 spiro atoms. The number of hydrogen-bond donors (Lipinski definition) is 0. The SMILES string of the molecule is CCOC(=O)CCN(CC1CC1)C(=O)COc1ccc(N(C)S(=O)(=O)c2cccs2)cc1. The molecular weight excluding hydrogens is 452 g/mol. The van der Waals surface area contributed by atoms with Gasteiger partial charge in [0.2, 0.25) is 0 Å². The van der Waals surface area contributed by atoms with Gasteiger partial charge in [-0.3, -0.25) is 13.9 Å². The molecule has 0 N–H and O–H groups in total. The fourth-order valence-electron chi connectivity index (χ4n) is 3.06. The van der Waals surface area contributed by atoms with Crippen LogP contribution in [0, 0.1) is 5.92 Å². The summed E-state index contributed by atoms with van der Waals surface area (Å²) >= 11 is 1.16. The first-order valence-corrected chi connectivity index (χ1v) is 12.8. The summed E-state index contributed by atoms with van der Waals surface area (Å²) in [6.07, 6.45) is 2.34. The fraction of sp³-hybridized carbons (Fsp3) is 0.455. The van der Waals surface area contributed by atoms with Crippen molar-refractivity contribution in [2.45, 2.75) is 30.4 Å². The van der Waals surface area contributed by atoms with E-state index < -0.39 is 10.0 Å². The Morgan fingerprint density at radius 1 is 1.16 bits per heavy atom. The lowest BCUT2D eigenvalue weighted by molar-refractivity contribution is -0.144. The molecule has 0 unspecified atom stereocenters. The Morgan fingerprint density at radius 3 is 2.47 bits per heavy atom. The van der Waals surface area contributed by atoms with E-state index in [-0.39, 0.29) is 29.1 Å². The molecule has 32 heavy (non-hydrogen) atoms. The Labute approximate surface area is 192 Å². The lowest BCUT2D eigenvalue weighted by Crippen LogP contribution is -2.38. The van der Waals surface area contributed by atoms with Crippen LogP contribution in [0.2, 0.25) is 0 Å². The molecule has 0 radical (unpaired) electrons. The maximum atomic E-state index is 12.7. The third kappa shape index (κ3) is 6.46. The molecule has 1 fully saturated rings. The Balaban J connectivity index is 1.56. The summed E-state index contributed by atoms with van der Waals surface area (Å²) in [6.45, 7) is 2.84. The van der Waals surface area contributed by atoms with Gasteiger partial charge in [-0.05, 0) is 61.4 Å². The van der Waals surface area contributed by atoms with E-state index in [1.54, 1.807) is 53.6 Å². The van der Waals surface area contributed by atoms with Gasteiger partial charge in [0, 0.05) is 20.1 Å². The summed E-state index contributed by atoms with van der Waals surface area (Å²) < 4.78 is 37.3. The highest BCUT2D eigenvalue weighted by atomic mass is 32.2. The summed E-state index contributed by atoms with van der Waals surface area (Å²) in [5, 5.41) is 1.72. The molecule has 0 aliphatic heterocycles. The van der Waals surface area contributed by atoms with Crippen LogP contribution in [0.1, 0.15) is 26.2 Å². The van der Waals surface area contributed by atoms with Gasteiger partial charge in [-0.2, -0.15) is 0 Å². The van der Waals surface area contributed by atoms with E-state index in [1.165, 1.54) is 11.4 Å². The van der Waals surface area contributed by atoms with Crippen LogP contribution in [0.15, 0.2) is 46.0 Å². The number of sulfonamides is 1. The quantitative estimate of drug-likeness (QED) is 0.433. The highest BCUT2D eigenvalue weighted by Gasteiger charge is 2.27. The molecule has 3 rings (SSSR count). The number of hydrogen-bond acceptors (Lipinski definition) is 7. The van der Waals surface area contributed by atoms with Crippen LogP contribution in [0.25, 0.3) is 0 Å². The zero-order valence-corrected chi connectivity index (χ0v) is 19.9. The molecule has 1 aliphatic carbocycles. The highest BCUT2D eigenvalue weighted by Crippen LogP contribution is 2.30. The van der Waals surface area contributed by atoms with Gasteiger partial charge < -0.3 is 14.4 Å². The summed E-state index contributed by atoms with van der Waals surface area (Å²) in [5.74, 6) is 0.434. The van der Waals surface area contributed by atoms with E-state index in [1.807, 2.05) is 0 Å². The zero-order chi connectivity index (χ0) is 23.1. The first kappa shape index (κ1) is 24.1. The minimum absolute atomic E-state index is 0.155. The first-order valence-electron chi connectivity index (χ1n) is 10.5. The highest BCUT2D eigenvalue weighted by molar-refractivity contribution is 7.94. The van der Waals surface area contributed by atoms with Crippen molar-refractivity contribution in [3.05, 3.63) is 41.8 Å². The Hall–Kier alpha value is -2.59. The normalized spacial score (nSPS) is 13.4. The van der Waals surface area contributed by atoms with Gasteiger partial charge >= 0.3 is 5.97 Å². The summed E-state index contributed by atoms with van der Waals surface area (Å²) in [7, 11) is -2.12. The van der Waals surface area contributed by atoms with Gasteiger partial charge in [-0.1, -0.05) is 6.07 Å². The van der Waals surface area contributed by atoms with Crippen LogP contribution >= 0.6 is 11.3 Å². The summed E-state index contributed by atoms with van der Waals surface area (Å²) in [4.78, 5) is 26.0. The van der Waals surface area contributed by atoms with E-state index in [0.717, 1.165) is 24.2 Å². The second kappa shape index (κ2) is 10.8. The van der Waals surface area contributed by atoms with Crippen molar-refractivity contribution in [3.8, 4) is 5.75 Å². The number of amides is 1. The van der Waals surface area contributed by atoms with E-state index in [2.05, 4.69) is 0 Å². The molecule has 1 aliphatic rings. The molecule has 0 bridgehead atoms. The van der Waals surface area contributed by atoms with Gasteiger partial charge in [0.15, 0.2) is 6.61 Å². The van der Waals surface area contributed by atoms with Gasteiger partial charge in [0.05, 0.1) is 18.7 Å². The molecule has 0 saturated heterocycles.